The second-order valence-electron chi connectivity index (χ2n) is 4.03. The van der Waals surface area contributed by atoms with Crippen LogP contribution in [0.5, 0.6) is 0 Å². The number of hydrogen-bond donors (Lipinski definition) is 1. The molecule has 0 rings (SSSR count). The summed E-state index contributed by atoms with van der Waals surface area (Å²) in [5, 5.41) is 0. The van der Waals surface area contributed by atoms with Crippen LogP contribution in [-0.2, 0) is 4.74 Å². The fourth-order valence-corrected chi connectivity index (χ4v) is 1.36. The molecule has 0 unspecified atom stereocenters. The van der Waals surface area contributed by atoms with Gasteiger partial charge in [0.05, 0.1) is 6.61 Å². The number of unbranched alkanes of at least 4 members (excludes halogenated alkanes) is 1. The number of rotatable bonds is 10. The standard InChI is InChI=1S/C14H25NO/c1-4-5-6-9-13(2)10-7-8-11-16-12-14(3)15/h4-5H,2-3,6-12,15H2,1H3/b5-4+. The highest BCUT2D eigenvalue weighted by Crippen LogP contribution is 2.11. The van der Waals surface area contributed by atoms with E-state index >= 15 is 0 Å². The molecule has 2 nitrogen and oxygen atoms in total. The van der Waals surface area contributed by atoms with Crippen molar-refractivity contribution in [2.45, 2.75) is 39.0 Å². The van der Waals surface area contributed by atoms with Gasteiger partial charge in [-0.05, 0) is 39.0 Å². The van der Waals surface area contributed by atoms with Crippen molar-refractivity contribution in [2.75, 3.05) is 13.2 Å². The molecule has 0 spiro atoms. The van der Waals surface area contributed by atoms with E-state index in [1.54, 1.807) is 0 Å². The van der Waals surface area contributed by atoms with Crippen molar-refractivity contribution < 1.29 is 4.74 Å². The highest BCUT2D eigenvalue weighted by atomic mass is 16.5. The Kier molecular flexibility index (Phi) is 9.83. The minimum Gasteiger partial charge on any atom is -0.401 e. The summed E-state index contributed by atoms with van der Waals surface area (Å²) in [6.07, 6.45) is 9.79. The third-order valence-corrected chi connectivity index (χ3v) is 2.26. The molecule has 0 radical (unpaired) electrons. The maximum Gasteiger partial charge on any atom is 0.0854 e. The van der Waals surface area contributed by atoms with Crippen LogP contribution in [0.1, 0.15) is 39.0 Å². The van der Waals surface area contributed by atoms with Crippen LogP contribution >= 0.6 is 0 Å². The van der Waals surface area contributed by atoms with Crippen LogP contribution in [0.3, 0.4) is 0 Å². The summed E-state index contributed by atoms with van der Waals surface area (Å²) in [6, 6.07) is 0. The molecule has 0 fully saturated rings. The van der Waals surface area contributed by atoms with Crippen LogP contribution in [0.15, 0.2) is 36.6 Å². The monoisotopic (exact) mass is 223 g/mol. The van der Waals surface area contributed by atoms with E-state index in [0.717, 1.165) is 38.7 Å². The van der Waals surface area contributed by atoms with Crippen LogP contribution in [-0.4, -0.2) is 13.2 Å². The number of hydrogen-bond acceptors (Lipinski definition) is 2. The quantitative estimate of drug-likeness (QED) is 0.454. The fraction of sp³-hybridized carbons (Fsp3) is 0.571. The van der Waals surface area contributed by atoms with Crippen molar-refractivity contribution in [3.8, 4) is 0 Å². The average Bonchev–Trinajstić information content (AvgIpc) is 2.23. The second kappa shape index (κ2) is 10.5. The number of ether oxygens (including phenoxy) is 1. The molecule has 0 aromatic rings. The lowest BCUT2D eigenvalue weighted by molar-refractivity contribution is 0.151. The first-order chi connectivity index (χ1) is 7.66. The van der Waals surface area contributed by atoms with Gasteiger partial charge >= 0.3 is 0 Å². The molecule has 0 aromatic carbocycles. The predicted octanol–water partition coefficient (Wildman–Crippen LogP) is 3.56. The van der Waals surface area contributed by atoms with Gasteiger partial charge < -0.3 is 10.5 Å². The van der Waals surface area contributed by atoms with Gasteiger partial charge in [0.2, 0.25) is 0 Å². The molecule has 2 N–H and O–H groups in total. The number of nitrogens with two attached hydrogens (primary N) is 1. The summed E-state index contributed by atoms with van der Waals surface area (Å²) in [5.74, 6) is 0. The first-order valence-corrected chi connectivity index (χ1v) is 5.95. The van der Waals surface area contributed by atoms with Gasteiger partial charge in [0.15, 0.2) is 0 Å². The predicted molar refractivity (Wildman–Crippen MR) is 71.2 cm³/mol. The molecule has 0 aromatic heterocycles. The zero-order valence-corrected chi connectivity index (χ0v) is 10.5. The maximum atomic E-state index is 5.38. The van der Waals surface area contributed by atoms with Crippen molar-refractivity contribution >= 4 is 0 Å². The Labute approximate surface area is 99.9 Å². The van der Waals surface area contributed by atoms with Crippen molar-refractivity contribution in [1.82, 2.24) is 0 Å². The van der Waals surface area contributed by atoms with Gasteiger partial charge in [0.25, 0.3) is 0 Å². The molecule has 0 amide bonds. The Hall–Kier alpha value is -1.02. The first-order valence-electron chi connectivity index (χ1n) is 5.95. The van der Waals surface area contributed by atoms with Gasteiger partial charge in [0, 0.05) is 12.3 Å². The molecule has 2 heteroatoms. The number of allylic oxidation sites excluding steroid dienone is 3. The molecule has 0 aliphatic carbocycles. The third kappa shape index (κ3) is 11.1. The van der Waals surface area contributed by atoms with Gasteiger partial charge in [-0.2, -0.15) is 0 Å². The maximum absolute atomic E-state index is 5.38. The van der Waals surface area contributed by atoms with E-state index in [1.807, 2.05) is 6.92 Å². The van der Waals surface area contributed by atoms with E-state index < -0.39 is 0 Å². The zero-order chi connectivity index (χ0) is 12.2. The van der Waals surface area contributed by atoms with Gasteiger partial charge in [-0.1, -0.05) is 30.9 Å². The van der Waals surface area contributed by atoms with Crippen molar-refractivity contribution in [3.63, 3.8) is 0 Å². The van der Waals surface area contributed by atoms with E-state index in [9.17, 15) is 0 Å². The van der Waals surface area contributed by atoms with Crippen LogP contribution in [0.2, 0.25) is 0 Å². The van der Waals surface area contributed by atoms with E-state index in [0.29, 0.717) is 12.3 Å². The van der Waals surface area contributed by atoms with Gasteiger partial charge in [-0.15, -0.1) is 0 Å². The summed E-state index contributed by atoms with van der Waals surface area (Å²) in [6.45, 7) is 10.9. The molecule has 0 atom stereocenters. The summed E-state index contributed by atoms with van der Waals surface area (Å²) < 4.78 is 5.31. The van der Waals surface area contributed by atoms with Crippen molar-refractivity contribution in [1.29, 1.82) is 0 Å². The second-order valence-corrected chi connectivity index (χ2v) is 4.03. The van der Waals surface area contributed by atoms with E-state index in [-0.39, 0.29) is 0 Å². The Balaban J connectivity index is 3.24. The molecule has 0 heterocycles. The minimum atomic E-state index is 0.474. The minimum absolute atomic E-state index is 0.474. The molecule has 0 aliphatic rings. The summed E-state index contributed by atoms with van der Waals surface area (Å²) >= 11 is 0. The normalized spacial score (nSPS) is 10.8. The summed E-state index contributed by atoms with van der Waals surface area (Å²) in [4.78, 5) is 0. The van der Waals surface area contributed by atoms with Crippen molar-refractivity contribution in [3.05, 3.63) is 36.6 Å². The highest BCUT2D eigenvalue weighted by Gasteiger charge is 1.95. The Morgan fingerprint density at radius 2 is 2.00 bits per heavy atom. The van der Waals surface area contributed by atoms with E-state index in [4.69, 9.17) is 10.5 Å². The Morgan fingerprint density at radius 1 is 1.25 bits per heavy atom. The van der Waals surface area contributed by atoms with E-state index in [1.165, 1.54) is 5.57 Å². The smallest absolute Gasteiger partial charge is 0.0854 e. The van der Waals surface area contributed by atoms with Gasteiger partial charge in [-0.25, -0.2) is 0 Å². The van der Waals surface area contributed by atoms with Crippen LogP contribution in [0.4, 0.5) is 0 Å². The molecule has 0 saturated carbocycles. The molecular formula is C14H25NO. The Morgan fingerprint density at radius 3 is 2.62 bits per heavy atom. The molecular weight excluding hydrogens is 198 g/mol. The van der Waals surface area contributed by atoms with Crippen LogP contribution in [0.25, 0.3) is 0 Å². The SMILES string of the molecule is C=C(N)COCCCCC(=C)CC/C=C/C. The topological polar surface area (TPSA) is 35.2 Å². The first kappa shape index (κ1) is 15.0. The fourth-order valence-electron chi connectivity index (χ4n) is 1.36. The molecule has 0 aliphatic heterocycles. The Bertz CT molecular complexity index is 231. The highest BCUT2D eigenvalue weighted by molar-refractivity contribution is 4.96. The van der Waals surface area contributed by atoms with E-state index in [2.05, 4.69) is 25.3 Å². The average molecular weight is 223 g/mol. The molecule has 92 valence electrons. The largest absolute Gasteiger partial charge is 0.401 e. The third-order valence-electron chi connectivity index (χ3n) is 2.26. The molecule has 0 bridgehead atoms. The van der Waals surface area contributed by atoms with Crippen molar-refractivity contribution in [2.24, 2.45) is 5.73 Å². The summed E-state index contributed by atoms with van der Waals surface area (Å²) in [7, 11) is 0. The van der Waals surface area contributed by atoms with Crippen LogP contribution < -0.4 is 5.73 Å². The van der Waals surface area contributed by atoms with Gasteiger partial charge in [0.1, 0.15) is 0 Å². The lowest BCUT2D eigenvalue weighted by Crippen LogP contribution is -2.05. The van der Waals surface area contributed by atoms with Gasteiger partial charge in [-0.3, -0.25) is 0 Å². The molecule has 16 heavy (non-hydrogen) atoms. The molecule has 0 saturated heterocycles. The zero-order valence-electron chi connectivity index (χ0n) is 10.5. The summed E-state index contributed by atoms with van der Waals surface area (Å²) in [5.41, 5.74) is 7.31. The van der Waals surface area contributed by atoms with Crippen LogP contribution in [0, 0.1) is 0 Å². The lowest BCUT2D eigenvalue weighted by atomic mass is 10.1. The lowest BCUT2D eigenvalue weighted by Gasteiger charge is -2.05.